The van der Waals surface area contributed by atoms with Crippen LogP contribution in [0.25, 0.3) is 21.9 Å². The summed E-state index contributed by atoms with van der Waals surface area (Å²) < 4.78 is 58.1. The van der Waals surface area contributed by atoms with E-state index in [1.54, 1.807) is 0 Å². The summed E-state index contributed by atoms with van der Waals surface area (Å²) in [6.45, 7) is -2.70. The minimum absolute atomic E-state index is 0.0676. The fourth-order valence-corrected chi connectivity index (χ4v) is 17.7. The molecule has 22 atom stereocenters. The van der Waals surface area contributed by atoms with Crippen LogP contribution < -0.4 is 61.3 Å². The number of benzene rings is 9. The van der Waals surface area contributed by atoms with Gasteiger partial charge in [-0.3, -0.25) is 38.4 Å². The number of phenolic OH excluding ortho intramolecular Hbond substituents is 4. The molecular formula is C93H91Cl2N7O33. The van der Waals surface area contributed by atoms with Gasteiger partial charge in [-0.2, -0.15) is 9.59 Å². The Bertz CT molecular complexity index is 6110. The number of nitrogens with two attached hydrogens (primary N) is 1. The molecule has 710 valence electrons. The quantitative estimate of drug-likeness (QED) is 0.0743. The van der Waals surface area contributed by atoms with Crippen LogP contribution in [0.5, 0.6) is 69.0 Å². The largest absolute Gasteiger partial charge is 0.508 e. The molecule has 9 aliphatic heterocycles. The Kier molecular flexibility index (Phi) is 29.3. The number of aryl methyl sites for hydroxylation is 1. The van der Waals surface area contributed by atoms with Crippen molar-refractivity contribution in [2.24, 2.45) is 5.73 Å². The second kappa shape index (κ2) is 41.0. The van der Waals surface area contributed by atoms with Crippen LogP contribution in [0.15, 0.2) is 158 Å². The molecule has 0 radical (unpaired) electrons. The van der Waals surface area contributed by atoms with Crippen molar-refractivity contribution < 1.29 is 162 Å². The molecule has 40 nitrogen and oxygen atoms in total. The number of aliphatic hydroxyl groups is 10. The van der Waals surface area contributed by atoms with Gasteiger partial charge in [-0.1, -0.05) is 89.9 Å². The van der Waals surface area contributed by atoms with Crippen LogP contribution in [0.4, 0.5) is 0 Å². The van der Waals surface area contributed by atoms with Gasteiger partial charge in [0.2, 0.25) is 53.8 Å². The molecule has 9 aromatic carbocycles. The van der Waals surface area contributed by atoms with E-state index < -0.39 is 289 Å². The first kappa shape index (κ1) is 96.5. The lowest BCUT2D eigenvalue weighted by Crippen LogP contribution is -2.65. The minimum atomic E-state index is -2.31. The molecule has 9 aromatic rings. The third-order valence-corrected chi connectivity index (χ3v) is 24.8. The van der Waals surface area contributed by atoms with E-state index in [0.29, 0.717) is 0 Å². The lowest BCUT2D eigenvalue weighted by Gasteiger charge is -2.44. The standard InChI is InChI=1S/C92H91Cl2N7O31.CO2/c1-37(105)97-74-80(116)77(113)67(34-102)128-90(74)131-84-44-12-16-62(55(94)25-44)126-66-28-46-27-65(85(66)132-91-75(81(117)78(114)68(35-103)129-91)99-70(112)17-8-38-6-9-40-4-2-3-5-41(40)18-38)125-61-15-7-39(19-54(61)93)20-56-59(110)31-52(45-21-48(106)29-50(23-45)124-63-26-43(11-14-58(63)109)72(95)88(122)98-56)87(121)100-73(46)60(111)32-51-42-10-13-57(108)53(24-42)71-47(33-96-89(123)76(84)101-86(51)120)22-49(107)30-64(71)127-92-83(119)82(118)79(115)69(36-104)130-92;2-1-3/h2-7,9-16,18-19,21-30,51-52,56,67-69,72-84,90-92,102-104,106-109,113-119H,8,17,20,31-36,95H2,1H3,(H,96,123)(H,97,105)(H,98,122)(H,99,112)(H,100,121)(H,101,120);/t51-,52+,56-,67?,68?,69?,72-,73-,74?,75?,76+,77-,78-,79-,80-,81-,82?,83-,84-,90+,91+,92+;/m1./s1. The molecule has 0 saturated carbocycles. The molecule has 17 bridgehead atoms. The second-order valence-electron chi connectivity index (χ2n) is 33.2. The zero-order chi connectivity index (χ0) is 96.4. The lowest BCUT2D eigenvalue weighted by molar-refractivity contribution is -0.284. The van der Waals surface area contributed by atoms with Gasteiger partial charge in [0, 0.05) is 56.0 Å². The van der Waals surface area contributed by atoms with Crippen LogP contribution in [0.1, 0.15) is 101 Å². The molecular weight excluding hydrogens is 1810 g/mol. The van der Waals surface area contributed by atoms with Crippen molar-refractivity contribution in [1.82, 2.24) is 31.9 Å². The fourth-order valence-electron chi connectivity index (χ4n) is 17.2. The zero-order valence-electron chi connectivity index (χ0n) is 70.9. The first-order valence-corrected chi connectivity index (χ1v) is 43.1. The first-order chi connectivity index (χ1) is 64.6. The Balaban J connectivity index is 0.00000456. The van der Waals surface area contributed by atoms with Crippen LogP contribution in [0, 0.1) is 0 Å². The van der Waals surface area contributed by atoms with Gasteiger partial charge in [-0.05, 0) is 147 Å². The Hall–Kier alpha value is -13.0. The van der Waals surface area contributed by atoms with Gasteiger partial charge in [0.05, 0.1) is 47.7 Å². The van der Waals surface area contributed by atoms with E-state index in [2.05, 4.69) is 31.9 Å². The molecule has 18 rings (SSSR count). The Morgan fingerprint density at radius 2 is 1.10 bits per heavy atom. The predicted octanol–water partition coefficient (Wildman–Crippen LogP) is 2.37. The highest BCUT2D eigenvalue weighted by Gasteiger charge is 2.52. The van der Waals surface area contributed by atoms with Crippen molar-refractivity contribution in [3.63, 3.8) is 0 Å². The second-order valence-corrected chi connectivity index (χ2v) is 34.0. The van der Waals surface area contributed by atoms with E-state index in [9.17, 15) is 85.9 Å². The third-order valence-electron chi connectivity index (χ3n) is 24.2. The number of ether oxygens (including phenoxy) is 9. The van der Waals surface area contributed by atoms with E-state index in [4.69, 9.17) is 81.2 Å². The number of phenols is 4. The molecule has 0 aliphatic carbocycles. The van der Waals surface area contributed by atoms with Gasteiger partial charge in [0.15, 0.2) is 40.9 Å². The molecule has 9 heterocycles. The molecule has 22 N–H and O–H groups in total. The maximum atomic E-state index is 17.1. The number of rotatable bonds is 14. The van der Waals surface area contributed by atoms with Gasteiger partial charge in [-0.15, -0.1) is 0 Å². The number of aromatic hydroxyl groups is 4. The van der Waals surface area contributed by atoms with Crippen molar-refractivity contribution in [3.05, 3.63) is 212 Å². The number of aliphatic hydroxyl groups excluding tert-OH is 10. The van der Waals surface area contributed by atoms with E-state index >= 15 is 24.0 Å². The number of halogens is 2. The van der Waals surface area contributed by atoms with E-state index in [1.807, 2.05) is 42.5 Å². The molecule has 0 spiro atoms. The molecule has 135 heavy (non-hydrogen) atoms. The average molecular weight is 1910 g/mol. The summed E-state index contributed by atoms with van der Waals surface area (Å²) >= 11 is 14.8. The fraction of sp³-hybridized carbons (Fsp3) is 0.344. The van der Waals surface area contributed by atoms with Gasteiger partial charge in [-0.25, -0.2) is 0 Å². The molecule has 3 fully saturated rings. The number of fused-ring (bicyclic) bond motifs is 15. The minimum Gasteiger partial charge on any atom is -0.508 e. The molecule has 3 saturated heterocycles. The highest BCUT2D eigenvalue weighted by Crippen LogP contribution is 2.51. The van der Waals surface area contributed by atoms with E-state index in [1.165, 1.54) is 60.7 Å². The van der Waals surface area contributed by atoms with Crippen LogP contribution in [0.3, 0.4) is 0 Å². The lowest BCUT2D eigenvalue weighted by atomic mass is 9.85. The van der Waals surface area contributed by atoms with Gasteiger partial charge >= 0.3 is 6.15 Å². The third kappa shape index (κ3) is 20.8. The van der Waals surface area contributed by atoms with Crippen LogP contribution in [-0.4, -0.2) is 249 Å². The number of carbonyl (C=O) groups excluding carboxylic acids is 10. The number of amides is 6. The summed E-state index contributed by atoms with van der Waals surface area (Å²) in [7, 11) is 0. The van der Waals surface area contributed by atoms with Crippen molar-refractivity contribution in [2.45, 2.75) is 180 Å². The monoisotopic (exact) mass is 1900 g/mol. The average Bonchev–Trinajstić information content (AvgIpc) is 0.762. The maximum absolute atomic E-state index is 17.1. The summed E-state index contributed by atoms with van der Waals surface area (Å²) in [5.41, 5.74) is 5.66. The van der Waals surface area contributed by atoms with Crippen LogP contribution in [-0.2, 0) is 86.3 Å². The summed E-state index contributed by atoms with van der Waals surface area (Å²) in [4.78, 5) is 141. The normalized spacial score (nSPS) is 27.9. The molecule has 42 heteroatoms. The van der Waals surface area contributed by atoms with Crippen molar-refractivity contribution >= 4 is 87.1 Å². The zero-order valence-corrected chi connectivity index (χ0v) is 72.4. The van der Waals surface area contributed by atoms with Crippen LogP contribution in [0.2, 0.25) is 10.0 Å². The first-order valence-electron chi connectivity index (χ1n) is 42.3. The number of Topliss-reactive ketones (excluding diaryl/α,β-unsaturated/α-hetero) is 2. The topological polar surface area (TPSA) is 635 Å². The Morgan fingerprint density at radius 1 is 0.511 bits per heavy atom. The Labute approximate surface area is 774 Å². The number of hydrogen-bond donors (Lipinski definition) is 21. The maximum Gasteiger partial charge on any atom is 0.373 e. The SMILES string of the molecule is CC(=O)NC1[C@H](O[C@@H]2c3ccc(c(Cl)c3)Oc3cc4cc(c3O[C@@H]3OC(CO)[C@@H](O)[C@H](O)C3NC(=O)CCc3ccc5ccccc5c3)Oc3ccc(cc3Cl)C[C@H]3NC(=O)[C@H](N)c5ccc(O)c(c5)Oc5cc(O)cc(c5)[C@H](CC3=O)C(=O)N[C@H]4C(=O)C[C@H]3C(=O)N[C@@H]2C(=O)NCc2cc(O)cc(O[C@H]4OC(CO)[C@@H](O)C(O)[C@H]4O)c2-c2cc3ccc2O)OC(CO)[C@@H](O)[C@@H]1O.O=C=O. The van der Waals surface area contributed by atoms with Gasteiger partial charge in [0.1, 0.15) is 138 Å². The molecule has 6 unspecified atom stereocenters. The number of ketones is 2. The summed E-state index contributed by atoms with van der Waals surface area (Å²) in [6.07, 6.45) is -29.9. The Morgan fingerprint density at radius 3 is 1.78 bits per heavy atom. The molecule has 6 amide bonds. The van der Waals surface area contributed by atoms with Crippen molar-refractivity contribution in [3.8, 4) is 80.1 Å². The summed E-state index contributed by atoms with van der Waals surface area (Å²) in [6, 6.07) is 24.0. The highest BCUT2D eigenvalue weighted by molar-refractivity contribution is 6.32. The van der Waals surface area contributed by atoms with Crippen molar-refractivity contribution in [2.75, 3.05) is 19.8 Å². The molecule has 9 aliphatic rings. The van der Waals surface area contributed by atoms with Crippen molar-refractivity contribution in [1.29, 1.82) is 0 Å². The number of nitrogens with one attached hydrogen (secondary N) is 6. The highest BCUT2D eigenvalue weighted by atomic mass is 35.5. The van der Waals surface area contributed by atoms with Gasteiger partial charge in [0.25, 0.3) is 0 Å². The summed E-state index contributed by atoms with van der Waals surface area (Å²) in [5.74, 6) is -18.6. The van der Waals surface area contributed by atoms with E-state index in [-0.39, 0.29) is 85.8 Å². The smallest absolute Gasteiger partial charge is 0.373 e. The van der Waals surface area contributed by atoms with Crippen LogP contribution >= 0.6 is 23.2 Å². The number of hydrogen-bond acceptors (Lipinski definition) is 34. The van der Waals surface area contributed by atoms with E-state index in [0.717, 1.165) is 77.9 Å². The number of carbonyl (C=O) groups is 8. The summed E-state index contributed by atoms with van der Waals surface area (Å²) in [5, 5.41) is 177. The molecule has 0 aromatic heterocycles. The van der Waals surface area contributed by atoms with Gasteiger partial charge < -0.3 is 152 Å². The predicted molar refractivity (Wildman–Crippen MR) is 464 cm³/mol.